The molecule has 0 saturated heterocycles. The van der Waals surface area contributed by atoms with Crippen LogP contribution < -0.4 is 0 Å². The predicted molar refractivity (Wildman–Crippen MR) is 132 cm³/mol. The highest BCUT2D eigenvalue weighted by Crippen LogP contribution is 2.41. The van der Waals surface area contributed by atoms with Crippen molar-refractivity contribution in [2.75, 3.05) is 0 Å². The zero-order chi connectivity index (χ0) is 22.1. The molecule has 0 spiro atoms. The molecule has 2 aromatic rings. The van der Waals surface area contributed by atoms with Crippen molar-refractivity contribution in [3.05, 3.63) is 53.6 Å². The second-order valence-electron chi connectivity index (χ2n) is 9.51. The first-order chi connectivity index (χ1) is 15.1. The SMILES string of the molecule is CCCCCCCCCC1=CC(OC(=O)CCCC(C)C)c2cccc3cccc1c23. The highest BCUT2D eigenvalue weighted by molar-refractivity contribution is 5.98. The minimum Gasteiger partial charge on any atom is -0.453 e. The normalized spacial score (nSPS) is 15.4. The summed E-state index contributed by atoms with van der Waals surface area (Å²) in [6.45, 7) is 6.66. The van der Waals surface area contributed by atoms with Crippen LogP contribution in [0.1, 0.15) is 109 Å². The Morgan fingerprint density at radius 3 is 2.39 bits per heavy atom. The topological polar surface area (TPSA) is 26.3 Å². The molecule has 1 aliphatic carbocycles. The Kier molecular flexibility index (Phi) is 9.18. The molecule has 0 heterocycles. The zero-order valence-electron chi connectivity index (χ0n) is 19.8. The van der Waals surface area contributed by atoms with Gasteiger partial charge in [0.1, 0.15) is 6.10 Å². The molecule has 2 aromatic carbocycles. The van der Waals surface area contributed by atoms with E-state index in [1.165, 1.54) is 66.9 Å². The van der Waals surface area contributed by atoms with Gasteiger partial charge in [0.15, 0.2) is 0 Å². The minimum atomic E-state index is -0.260. The van der Waals surface area contributed by atoms with Gasteiger partial charge in [0.25, 0.3) is 0 Å². The monoisotopic (exact) mass is 420 g/mol. The van der Waals surface area contributed by atoms with E-state index >= 15 is 0 Å². The van der Waals surface area contributed by atoms with Crippen molar-refractivity contribution in [3.8, 4) is 0 Å². The molecule has 3 rings (SSSR count). The first kappa shape index (κ1) is 23.6. The quantitative estimate of drug-likeness (QED) is 0.239. The number of unbranched alkanes of at least 4 members (excludes halogenated alkanes) is 6. The molecule has 168 valence electrons. The first-order valence-corrected chi connectivity index (χ1v) is 12.5. The number of rotatable bonds is 13. The van der Waals surface area contributed by atoms with Gasteiger partial charge in [-0.3, -0.25) is 4.79 Å². The summed E-state index contributed by atoms with van der Waals surface area (Å²) in [5.74, 6) is 0.546. The maximum absolute atomic E-state index is 12.6. The van der Waals surface area contributed by atoms with E-state index < -0.39 is 0 Å². The Labute approximate surface area is 189 Å². The van der Waals surface area contributed by atoms with Crippen molar-refractivity contribution < 1.29 is 9.53 Å². The largest absolute Gasteiger partial charge is 0.453 e. The van der Waals surface area contributed by atoms with Crippen LogP contribution in [0.5, 0.6) is 0 Å². The molecule has 0 N–H and O–H groups in total. The molecule has 0 radical (unpaired) electrons. The third kappa shape index (κ3) is 6.69. The fourth-order valence-electron chi connectivity index (χ4n) is 4.68. The van der Waals surface area contributed by atoms with Crippen LogP contribution >= 0.6 is 0 Å². The fourth-order valence-corrected chi connectivity index (χ4v) is 4.68. The molecular formula is C29H40O2. The van der Waals surface area contributed by atoms with Crippen molar-refractivity contribution in [3.63, 3.8) is 0 Å². The number of ether oxygens (including phenoxy) is 1. The molecule has 2 nitrogen and oxygen atoms in total. The first-order valence-electron chi connectivity index (χ1n) is 12.5. The van der Waals surface area contributed by atoms with E-state index in [-0.39, 0.29) is 12.1 Å². The van der Waals surface area contributed by atoms with Crippen LogP contribution in [0.2, 0.25) is 0 Å². The van der Waals surface area contributed by atoms with Gasteiger partial charge in [-0.2, -0.15) is 0 Å². The Morgan fingerprint density at radius 2 is 1.65 bits per heavy atom. The molecule has 1 unspecified atom stereocenters. The fraction of sp³-hybridized carbons (Fsp3) is 0.552. The highest BCUT2D eigenvalue weighted by Gasteiger charge is 2.24. The molecule has 0 aliphatic heterocycles. The average Bonchev–Trinajstić information content (AvgIpc) is 2.75. The van der Waals surface area contributed by atoms with Crippen LogP contribution in [-0.4, -0.2) is 5.97 Å². The minimum absolute atomic E-state index is 0.0754. The highest BCUT2D eigenvalue weighted by atomic mass is 16.5. The summed E-state index contributed by atoms with van der Waals surface area (Å²) in [6.07, 6.45) is 14.7. The molecule has 1 aliphatic rings. The summed E-state index contributed by atoms with van der Waals surface area (Å²) < 4.78 is 6.01. The van der Waals surface area contributed by atoms with Gasteiger partial charge in [0, 0.05) is 12.0 Å². The molecule has 0 fully saturated rings. The lowest BCUT2D eigenvalue weighted by Gasteiger charge is -2.25. The predicted octanol–water partition coefficient (Wildman–Crippen LogP) is 8.79. The Morgan fingerprint density at radius 1 is 0.935 bits per heavy atom. The number of carbonyl (C=O) groups is 1. The van der Waals surface area contributed by atoms with Crippen molar-refractivity contribution in [2.45, 2.75) is 97.5 Å². The average molecular weight is 421 g/mol. The van der Waals surface area contributed by atoms with Crippen molar-refractivity contribution in [1.82, 2.24) is 0 Å². The maximum Gasteiger partial charge on any atom is 0.306 e. The lowest BCUT2D eigenvalue weighted by Crippen LogP contribution is -2.13. The lowest BCUT2D eigenvalue weighted by molar-refractivity contribution is -0.147. The van der Waals surface area contributed by atoms with Crippen molar-refractivity contribution in [2.24, 2.45) is 5.92 Å². The number of benzene rings is 2. The number of hydrogen-bond donors (Lipinski definition) is 0. The van der Waals surface area contributed by atoms with Gasteiger partial charge >= 0.3 is 5.97 Å². The molecule has 31 heavy (non-hydrogen) atoms. The maximum atomic E-state index is 12.6. The zero-order valence-corrected chi connectivity index (χ0v) is 19.8. The summed E-state index contributed by atoms with van der Waals surface area (Å²) in [5.41, 5.74) is 3.80. The van der Waals surface area contributed by atoms with Crippen molar-refractivity contribution >= 4 is 22.3 Å². The number of allylic oxidation sites excluding steroid dienone is 1. The van der Waals surface area contributed by atoms with Crippen LogP contribution in [0.15, 0.2) is 42.5 Å². The van der Waals surface area contributed by atoms with E-state index in [1.807, 2.05) is 0 Å². The van der Waals surface area contributed by atoms with Gasteiger partial charge in [-0.05, 0) is 53.2 Å². The Balaban J connectivity index is 1.70. The second kappa shape index (κ2) is 12.1. The Hall–Kier alpha value is -2.09. The van der Waals surface area contributed by atoms with Crippen LogP contribution in [-0.2, 0) is 9.53 Å². The van der Waals surface area contributed by atoms with Gasteiger partial charge in [-0.15, -0.1) is 0 Å². The van der Waals surface area contributed by atoms with Crippen molar-refractivity contribution in [1.29, 1.82) is 0 Å². The lowest BCUT2D eigenvalue weighted by atomic mass is 9.84. The molecule has 0 amide bonds. The summed E-state index contributed by atoms with van der Waals surface area (Å²) in [4.78, 5) is 12.6. The van der Waals surface area contributed by atoms with Crippen LogP contribution in [0, 0.1) is 5.92 Å². The van der Waals surface area contributed by atoms with E-state index in [1.54, 1.807) is 0 Å². The van der Waals surface area contributed by atoms with E-state index in [9.17, 15) is 4.79 Å². The number of esters is 1. The van der Waals surface area contributed by atoms with Gasteiger partial charge < -0.3 is 4.74 Å². The van der Waals surface area contributed by atoms with E-state index in [2.05, 4.69) is 63.2 Å². The summed E-state index contributed by atoms with van der Waals surface area (Å²) in [7, 11) is 0. The summed E-state index contributed by atoms with van der Waals surface area (Å²) in [5, 5.41) is 2.51. The van der Waals surface area contributed by atoms with Crippen LogP contribution in [0.25, 0.3) is 16.3 Å². The van der Waals surface area contributed by atoms with Crippen LogP contribution in [0.3, 0.4) is 0 Å². The number of hydrogen-bond acceptors (Lipinski definition) is 2. The third-order valence-corrected chi connectivity index (χ3v) is 6.41. The molecule has 0 saturated carbocycles. The second-order valence-corrected chi connectivity index (χ2v) is 9.51. The van der Waals surface area contributed by atoms with Crippen LogP contribution in [0.4, 0.5) is 0 Å². The molecule has 0 aromatic heterocycles. The van der Waals surface area contributed by atoms with Gasteiger partial charge in [-0.1, -0.05) is 102 Å². The Bertz CT molecular complexity index is 872. The third-order valence-electron chi connectivity index (χ3n) is 6.41. The molecular weight excluding hydrogens is 380 g/mol. The standard InChI is InChI=1S/C29H40O2/c1-4-5-6-7-8-9-10-15-24-21-27(31-28(30)20-11-14-22(2)3)26-19-13-17-23-16-12-18-25(24)29(23)26/h12-13,16-19,21-22,27H,4-11,14-15,20H2,1-3H3. The molecule has 2 heteroatoms. The smallest absolute Gasteiger partial charge is 0.306 e. The summed E-state index contributed by atoms with van der Waals surface area (Å²) in [6, 6.07) is 12.9. The van der Waals surface area contributed by atoms with Gasteiger partial charge in [0.05, 0.1) is 0 Å². The van der Waals surface area contributed by atoms with Gasteiger partial charge in [-0.25, -0.2) is 0 Å². The molecule has 1 atom stereocenters. The van der Waals surface area contributed by atoms with Gasteiger partial charge in [0.2, 0.25) is 0 Å². The van der Waals surface area contributed by atoms with E-state index in [0.717, 1.165) is 24.8 Å². The number of carbonyl (C=O) groups excluding carboxylic acids is 1. The van der Waals surface area contributed by atoms with E-state index in [0.29, 0.717) is 12.3 Å². The molecule has 0 bridgehead atoms. The summed E-state index contributed by atoms with van der Waals surface area (Å²) >= 11 is 0. The van der Waals surface area contributed by atoms with E-state index in [4.69, 9.17) is 4.74 Å².